The van der Waals surface area contributed by atoms with Crippen molar-refractivity contribution in [3.8, 4) is 22.3 Å². The Balaban J connectivity index is 0.000000577. The van der Waals surface area contributed by atoms with Crippen molar-refractivity contribution in [2.45, 2.75) is 0 Å². The Bertz CT molecular complexity index is 1300. The molecule has 0 nitrogen and oxygen atoms in total. The molecule has 184 valence electrons. The number of hydrogen-bond acceptors (Lipinski definition) is 0. The first-order valence-corrected chi connectivity index (χ1v) is 14.7. The smallest absolute Gasteiger partial charge is 0.0279 e. The maximum atomic E-state index is 3.06. The van der Waals surface area contributed by atoms with Crippen molar-refractivity contribution >= 4 is 53.2 Å². The molecule has 0 aliphatic heterocycles. The summed E-state index contributed by atoms with van der Waals surface area (Å²) in [4.78, 5) is 0. The number of hydrogen-bond donors (Lipinski definition) is 0. The van der Waals surface area contributed by atoms with Crippen LogP contribution >= 0.6 is 24.8 Å². The van der Waals surface area contributed by atoms with E-state index in [0.717, 1.165) is 0 Å². The number of fused-ring (bicyclic) bond motifs is 2. The molecule has 0 amide bonds. The van der Waals surface area contributed by atoms with Gasteiger partial charge in [-0.25, -0.2) is 0 Å². The first-order valence-electron chi connectivity index (χ1n) is 10.5. The molecule has 6 rings (SSSR count). The Morgan fingerprint density at radius 1 is 0.444 bits per heavy atom. The van der Waals surface area contributed by atoms with E-state index in [2.05, 4.69) is 140 Å². The zero-order chi connectivity index (χ0) is 22.2. The minimum Gasteiger partial charge on any atom is -0.168 e. The van der Waals surface area contributed by atoms with Crippen LogP contribution in [0, 0.1) is 14.9 Å². The fraction of sp³-hybridized carbons (Fsp3) is 0. The van der Waals surface area contributed by atoms with Gasteiger partial charge in [0.1, 0.15) is 0 Å². The van der Waals surface area contributed by atoms with Crippen LogP contribution in [0.1, 0.15) is 0 Å². The van der Waals surface area contributed by atoms with Crippen LogP contribution in [-0.2, 0) is 23.3 Å². The fourth-order valence-electron chi connectivity index (χ4n) is 4.06. The summed E-state index contributed by atoms with van der Waals surface area (Å²) in [5.41, 5.74) is 5.21. The van der Waals surface area contributed by atoms with E-state index in [4.69, 9.17) is 0 Å². The van der Waals surface area contributed by atoms with Gasteiger partial charge >= 0.3 is 30.2 Å². The van der Waals surface area contributed by atoms with Crippen LogP contribution in [0.4, 0.5) is 0 Å². The summed E-state index contributed by atoms with van der Waals surface area (Å²) in [6.45, 7) is 3.06. The number of halogens is 2. The first kappa shape index (κ1) is 33.8. The van der Waals surface area contributed by atoms with Gasteiger partial charge in [0.25, 0.3) is 0 Å². The van der Waals surface area contributed by atoms with Crippen molar-refractivity contribution in [2.24, 2.45) is 0 Å². The van der Waals surface area contributed by atoms with E-state index in [0.29, 0.717) is 0 Å². The van der Waals surface area contributed by atoms with Crippen LogP contribution in [-0.4, -0.2) is 6.88 Å². The number of benzene rings is 4. The van der Waals surface area contributed by atoms with Crippen molar-refractivity contribution in [1.82, 2.24) is 0 Å². The predicted octanol–water partition coefficient (Wildman–Crippen LogP) is 9.81. The summed E-state index contributed by atoms with van der Waals surface area (Å²) in [6, 6.07) is 46.8. The minimum absolute atomic E-state index is 0. The van der Waals surface area contributed by atoms with Crippen LogP contribution in [0.5, 0.6) is 0 Å². The van der Waals surface area contributed by atoms with Crippen molar-refractivity contribution in [1.29, 1.82) is 0 Å². The van der Waals surface area contributed by atoms with E-state index >= 15 is 0 Å². The molecule has 0 saturated heterocycles. The Morgan fingerprint density at radius 2 is 0.806 bits per heavy atom. The molecule has 0 fully saturated rings. The molecule has 2 radical (unpaired) electrons. The second-order valence-corrected chi connectivity index (χ2v) is 7.40. The fourth-order valence-corrected chi connectivity index (χ4v) is 4.06. The van der Waals surface area contributed by atoms with Crippen LogP contribution in [0.3, 0.4) is 0 Å². The molecule has 0 bridgehead atoms. The third-order valence-electron chi connectivity index (χ3n) is 5.53. The second-order valence-electron chi connectivity index (χ2n) is 7.40. The Kier molecular flexibility index (Phi) is 16.2. The summed E-state index contributed by atoms with van der Waals surface area (Å²) >= 11 is 1.36. The van der Waals surface area contributed by atoms with Gasteiger partial charge < -0.3 is 14.9 Å². The summed E-state index contributed by atoms with van der Waals surface area (Å²) in [6.07, 6.45) is 0. The third kappa shape index (κ3) is 7.89. The van der Waals surface area contributed by atoms with Gasteiger partial charge in [0.2, 0.25) is 0 Å². The molecule has 0 saturated carbocycles. The molecular weight excluding hydrogens is 575 g/mol. The molecule has 4 heteroatoms. The van der Waals surface area contributed by atoms with Crippen LogP contribution in [0.25, 0.3) is 43.8 Å². The zero-order valence-electron chi connectivity index (χ0n) is 20.5. The monoisotopic (exact) mass is 602 g/mol. The molecule has 0 spiro atoms. The van der Waals surface area contributed by atoms with Crippen molar-refractivity contribution in [3.05, 3.63) is 148 Å². The third-order valence-corrected chi connectivity index (χ3v) is 5.53. The summed E-state index contributed by atoms with van der Waals surface area (Å²) in [5, 5.41) is 5.31. The van der Waals surface area contributed by atoms with E-state index in [1.54, 1.807) is 0 Å². The maximum Gasteiger partial charge on any atom is -0.0279 e. The standard InChI is InChI=1S/2C15H11.2CH3.2ClH.Si.Zr/c2*1-2-6-12(7-3-1)14-10-4-8-13-9-5-11-15(13)14;;;;;;/h2*1-11H;2*1H3;2*1H;;/q4*-1;;;;. The van der Waals surface area contributed by atoms with Gasteiger partial charge in [-0.05, 0) is 11.1 Å². The van der Waals surface area contributed by atoms with Crippen LogP contribution in [0.2, 0.25) is 0 Å². The molecule has 0 unspecified atom stereocenters. The zero-order valence-corrected chi connectivity index (χ0v) is 25.6. The number of rotatable bonds is 2. The van der Waals surface area contributed by atoms with Gasteiger partial charge in [0, 0.05) is 0 Å². The maximum absolute atomic E-state index is 3.06. The first-order chi connectivity index (χ1) is 15.9. The minimum atomic E-state index is 0. The summed E-state index contributed by atoms with van der Waals surface area (Å²) < 4.78 is 0. The largest absolute Gasteiger partial charge is 0.168 e. The molecule has 36 heavy (non-hydrogen) atoms. The molecule has 0 N–H and O–H groups in total. The quantitative estimate of drug-likeness (QED) is 0.136. The van der Waals surface area contributed by atoms with Crippen molar-refractivity contribution < 1.29 is 23.3 Å². The SMILES string of the molecule is Cl.Cl.[CH3-].[CH3-].[Si]=[Zr].c1ccc(-c2cccc3[cH-]ccc23)cc1.c1ccc(-c2cccc3[cH-]ccc23)cc1. The topological polar surface area (TPSA) is 0 Å². The Morgan fingerprint density at radius 3 is 1.17 bits per heavy atom. The molecule has 0 aromatic heterocycles. The average Bonchev–Trinajstić information content (AvgIpc) is 3.56. The Labute approximate surface area is 245 Å². The van der Waals surface area contributed by atoms with Gasteiger partial charge in [-0.1, -0.05) is 83.9 Å². The van der Waals surface area contributed by atoms with E-state index in [1.165, 1.54) is 67.1 Å². The summed E-state index contributed by atoms with van der Waals surface area (Å²) in [5.74, 6) is 0. The van der Waals surface area contributed by atoms with Gasteiger partial charge in [-0.15, -0.1) is 82.8 Å². The van der Waals surface area contributed by atoms with Gasteiger partial charge in [-0.2, -0.15) is 24.3 Å². The molecule has 6 aromatic rings. The van der Waals surface area contributed by atoms with E-state index in [1.807, 2.05) is 0 Å². The summed E-state index contributed by atoms with van der Waals surface area (Å²) in [7, 11) is 0. The average molecular weight is 605 g/mol. The normalized spacial score (nSPS) is 8.97. The van der Waals surface area contributed by atoms with Crippen LogP contribution < -0.4 is 0 Å². The molecule has 0 aliphatic carbocycles. The van der Waals surface area contributed by atoms with Crippen molar-refractivity contribution in [2.75, 3.05) is 0 Å². The predicted molar refractivity (Wildman–Crippen MR) is 163 cm³/mol. The van der Waals surface area contributed by atoms with E-state index in [-0.39, 0.29) is 39.7 Å². The molecule has 0 atom stereocenters. The van der Waals surface area contributed by atoms with E-state index < -0.39 is 0 Å². The van der Waals surface area contributed by atoms with E-state index in [9.17, 15) is 0 Å². The molecular formula is C32H30Cl2SiZr-4. The van der Waals surface area contributed by atoms with Gasteiger partial charge in [-0.3, -0.25) is 0 Å². The van der Waals surface area contributed by atoms with Crippen molar-refractivity contribution in [3.63, 3.8) is 0 Å². The van der Waals surface area contributed by atoms with Gasteiger partial charge in [0.05, 0.1) is 0 Å². The van der Waals surface area contributed by atoms with Gasteiger partial charge in [0.15, 0.2) is 0 Å². The molecule has 6 aromatic carbocycles. The second kappa shape index (κ2) is 17.3. The Hall–Kier alpha value is -2.22. The van der Waals surface area contributed by atoms with Crippen LogP contribution in [0.15, 0.2) is 133 Å². The molecule has 0 aliphatic rings. The molecule has 0 heterocycles.